The summed E-state index contributed by atoms with van der Waals surface area (Å²) in [5, 5.41) is 2.96. The number of para-hydroxylation sites is 1. The van der Waals surface area contributed by atoms with Gasteiger partial charge in [0.1, 0.15) is 11.8 Å². The Morgan fingerprint density at radius 3 is 2.23 bits per heavy atom. The van der Waals surface area contributed by atoms with Gasteiger partial charge in [-0.3, -0.25) is 9.59 Å². The molecule has 0 bridgehead atoms. The molecule has 1 atom stereocenters. The molecule has 162 valence electrons. The molecule has 30 heavy (non-hydrogen) atoms. The SMILES string of the molecule is CC[C@@H](C(=O)NC(C)C)N(CCc1ccccc1)C(=O)CCCOc1ccccc1. The largest absolute Gasteiger partial charge is 0.494 e. The first-order valence-electron chi connectivity index (χ1n) is 10.8. The van der Waals surface area contributed by atoms with Gasteiger partial charge in [0, 0.05) is 19.0 Å². The Bertz CT molecular complexity index is 762. The maximum absolute atomic E-state index is 13.1. The van der Waals surface area contributed by atoms with Crippen molar-refractivity contribution < 1.29 is 14.3 Å². The van der Waals surface area contributed by atoms with Gasteiger partial charge in [0.25, 0.3) is 0 Å². The third-order valence-corrected chi connectivity index (χ3v) is 4.85. The fourth-order valence-corrected chi connectivity index (χ4v) is 3.35. The number of nitrogens with one attached hydrogen (secondary N) is 1. The molecule has 1 N–H and O–H groups in total. The molecule has 0 aliphatic carbocycles. The van der Waals surface area contributed by atoms with Crippen molar-refractivity contribution in [2.24, 2.45) is 0 Å². The average Bonchev–Trinajstić information content (AvgIpc) is 2.75. The van der Waals surface area contributed by atoms with Gasteiger partial charge < -0.3 is 15.0 Å². The van der Waals surface area contributed by atoms with Crippen molar-refractivity contribution in [3.63, 3.8) is 0 Å². The fraction of sp³-hybridized carbons (Fsp3) is 0.440. The van der Waals surface area contributed by atoms with E-state index in [9.17, 15) is 9.59 Å². The summed E-state index contributed by atoms with van der Waals surface area (Å²) >= 11 is 0. The summed E-state index contributed by atoms with van der Waals surface area (Å²) < 4.78 is 5.70. The normalized spacial score (nSPS) is 11.7. The summed E-state index contributed by atoms with van der Waals surface area (Å²) in [6.45, 7) is 6.80. The number of hydrogen-bond acceptors (Lipinski definition) is 3. The first-order chi connectivity index (χ1) is 14.5. The van der Waals surface area contributed by atoms with E-state index in [1.165, 1.54) is 0 Å². The minimum Gasteiger partial charge on any atom is -0.494 e. The third-order valence-electron chi connectivity index (χ3n) is 4.85. The van der Waals surface area contributed by atoms with Crippen LogP contribution in [-0.2, 0) is 16.0 Å². The zero-order valence-electron chi connectivity index (χ0n) is 18.3. The Morgan fingerprint density at radius 1 is 1.00 bits per heavy atom. The summed E-state index contributed by atoms with van der Waals surface area (Å²) in [5.41, 5.74) is 1.15. The molecule has 2 amide bonds. The van der Waals surface area contributed by atoms with Gasteiger partial charge >= 0.3 is 0 Å². The van der Waals surface area contributed by atoms with Gasteiger partial charge in [0.15, 0.2) is 0 Å². The van der Waals surface area contributed by atoms with E-state index < -0.39 is 6.04 Å². The molecule has 0 radical (unpaired) electrons. The van der Waals surface area contributed by atoms with Crippen molar-refractivity contribution in [3.05, 3.63) is 66.2 Å². The molecule has 2 rings (SSSR count). The number of benzene rings is 2. The quantitative estimate of drug-likeness (QED) is 0.533. The molecule has 0 saturated carbocycles. The standard InChI is InChI=1S/C25H34N2O3/c1-4-23(25(29)26-20(2)3)27(18-17-21-12-7-5-8-13-21)24(28)16-11-19-30-22-14-9-6-10-15-22/h5-10,12-15,20,23H,4,11,16-19H2,1-3H3,(H,26,29)/t23-/m0/s1. The summed E-state index contributed by atoms with van der Waals surface area (Å²) in [4.78, 5) is 27.5. The zero-order chi connectivity index (χ0) is 21.8. The number of carbonyl (C=O) groups excluding carboxylic acids is 2. The lowest BCUT2D eigenvalue weighted by atomic mass is 10.1. The molecule has 0 aromatic heterocycles. The van der Waals surface area contributed by atoms with E-state index in [-0.39, 0.29) is 17.9 Å². The van der Waals surface area contributed by atoms with Crippen LogP contribution >= 0.6 is 0 Å². The Labute approximate surface area is 180 Å². The molecule has 2 aromatic rings. The van der Waals surface area contributed by atoms with Gasteiger partial charge in [0.2, 0.25) is 11.8 Å². The van der Waals surface area contributed by atoms with Gasteiger partial charge in [0.05, 0.1) is 6.61 Å². The number of ether oxygens (including phenoxy) is 1. The van der Waals surface area contributed by atoms with Crippen LogP contribution in [0.25, 0.3) is 0 Å². The Balaban J connectivity index is 1.98. The molecule has 0 unspecified atom stereocenters. The van der Waals surface area contributed by atoms with Gasteiger partial charge in [-0.1, -0.05) is 55.5 Å². The molecule has 0 spiro atoms. The van der Waals surface area contributed by atoms with Gasteiger partial charge in [-0.2, -0.15) is 0 Å². The highest BCUT2D eigenvalue weighted by atomic mass is 16.5. The lowest BCUT2D eigenvalue weighted by Gasteiger charge is -2.31. The van der Waals surface area contributed by atoms with Gasteiger partial charge in [-0.25, -0.2) is 0 Å². The van der Waals surface area contributed by atoms with Crippen molar-refractivity contribution in [1.29, 1.82) is 0 Å². The first kappa shape index (κ1) is 23.5. The van der Waals surface area contributed by atoms with Crippen molar-refractivity contribution in [2.45, 2.75) is 58.5 Å². The van der Waals surface area contributed by atoms with E-state index in [1.807, 2.05) is 81.4 Å². The predicted molar refractivity (Wildman–Crippen MR) is 120 cm³/mol. The molecular formula is C25H34N2O3. The number of rotatable bonds is 12. The van der Waals surface area contributed by atoms with Crippen LogP contribution in [0.4, 0.5) is 0 Å². The number of carbonyl (C=O) groups is 2. The first-order valence-corrected chi connectivity index (χ1v) is 10.8. The Morgan fingerprint density at radius 2 is 1.63 bits per heavy atom. The van der Waals surface area contributed by atoms with Crippen LogP contribution in [0.2, 0.25) is 0 Å². The van der Waals surface area contributed by atoms with E-state index in [0.717, 1.165) is 17.7 Å². The van der Waals surface area contributed by atoms with E-state index in [2.05, 4.69) is 5.32 Å². The van der Waals surface area contributed by atoms with Crippen LogP contribution in [0.3, 0.4) is 0 Å². The fourth-order valence-electron chi connectivity index (χ4n) is 3.35. The molecule has 0 heterocycles. The summed E-state index contributed by atoms with van der Waals surface area (Å²) in [7, 11) is 0. The predicted octanol–water partition coefficient (Wildman–Crippen LogP) is 4.22. The molecule has 5 heteroatoms. The smallest absolute Gasteiger partial charge is 0.242 e. The highest BCUT2D eigenvalue weighted by Gasteiger charge is 2.28. The maximum atomic E-state index is 13.1. The molecule has 0 saturated heterocycles. The van der Waals surface area contributed by atoms with Crippen LogP contribution < -0.4 is 10.1 Å². The van der Waals surface area contributed by atoms with Crippen LogP contribution in [0.5, 0.6) is 5.75 Å². The number of amides is 2. The summed E-state index contributed by atoms with van der Waals surface area (Å²) in [6.07, 6.45) is 2.27. The van der Waals surface area contributed by atoms with Crippen molar-refractivity contribution >= 4 is 11.8 Å². The zero-order valence-corrected chi connectivity index (χ0v) is 18.3. The monoisotopic (exact) mass is 410 g/mol. The van der Waals surface area contributed by atoms with Gasteiger partial charge in [-0.05, 0) is 50.8 Å². The average molecular weight is 411 g/mol. The van der Waals surface area contributed by atoms with Crippen LogP contribution in [0, 0.1) is 0 Å². The lowest BCUT2D eigenvalue weighted by molar-refractivity contribution is -0.141. The minimum absolute atomic E-state index is 0.00616. The van der Waals surface area contributed by atoms with Crippen LogP contribution in [-0.4, -0.2) is 41.9 Å². The molecule has 5 nitrogen and oxygen atoms in total. The van der Waals surface area contributed by atoms with E-state index in [0.29, 0.717) is 32.4 Å². The summed E-state index contributed by atoms with van der Waals surface area (Å²) in [5.74, 6) is 0.705. The summed E-state index contributed by atoms with van der Waals surface area (Å²) in [6, 6.07) is 19.2. The van der Waals surface area contributed by atoms with Crippen molar-refractivity contribution in [2.75, 3.05) is 13.2 Å². The second kappa shape index (κ2) is 12.7. The lowest BCUT2D eigenvalue weighted by Crippen LogP contribution is -2.51. The topological polar surface area (TPSA) is 58.6 Å². The van der Waals surface area contributed by atoms with Crippen LogP contribution in [0.1, 0.15) is 45.6 Å². The Kier molecular flexibility index (Phi) is 9.92. The maximum Gasteiger partial charge on any atom is 0.242 e. The van der Waals surface area contributed by atoms with Crippen molar-refractivity contribution in [3.8, 4) is 5.75 Å². The highest BCUT2D eigenvalue weighted by Crippen LogP contribution is 2.13. The number of hydrogen-bond donors (Lipinski definition) is 1. The van der Waals surface area contributed by atoms with E-state index in [4.69, 9.17) is 4.74 Å². The highest BCUT2D eigenvalue weighted by molar-refractivity contribution is 5.87. The van der Waals surface area contributed by atoms with Crippen molar-refractivity contribution in [1.82, 2.24) is 10.2 Å². The minimum atomic E-state index is -0.460. The molecule has 2 aromatic carbocycles. The Hall–Kier alpha value is -2.82. The van der Waals surface area contributed by atoms with E-state index in [1.54, 1.807) is 4.90 Å². The molecular weight excluding hydrogens is 376 g/mol. The second-order valence-electron chi connectivity index (χ2n) is 7.68. The molecule has 0 fully saturated rings. The molecule has 0 aliphatic heterocycles. The second-order valence-corrected chi connectivity index (χ2v) is 7.68. The number of nitrogens with zero attached hydrogens (tertiary/aromatic N) is 1. The van der Waals surface area contributed by atoms with E-state index >= 15 is 0 Å². The molecule has 0 aliphatic rings. The third kappa shape index (κ3) is 7.90. The van der Waals surface area contributed by atoms with Crippen LogP contribution in [0.15, 0.2) is 60.7 Å². The van der Waals surface area contributed by atoms with Gasteiger partial charge in [-0.15, -0.1) is 0 Å².